The maximum Gasteiger partial charge on any atom is 0.185 e. The van der Waals surface area contributed by atoms with Crippen LogP contribution in [0.3, 0.4) is 0 Å². The lowest BCUT2D eigenvalue weighted by molar-refractivity contribution is 0.0240. The average molecular weight is 297 g/mol. The summed E-state index contributed by atoms with van der Waals surface area (Å²) in [6.07, 6.45) is 4.33. The standard InChI is InChI=1S/C15H27N3OS/c1-4-18(5-2)14-17-11-13(20-14)10-16-12-15(3)6-8-19-9-7-15/h11,16H,4-10,12H2,1-3H3. The minimum absolute atomic E-state index is 0.393. The van der Waals surface area contributed by atoms with E-state index < -0.39 is 0 Å². The van der Waals surface area contributed by atoms with Crippen LogP contribution < -0.4 is 10.2 Å². The van der Waals surface area contributed by atoms with E-state index in [1.54, 1.807) is 11.3 Å². The minimum atomic E-state index is 0.393. The number of ether oxygens (including phenoxy) is 1. The van der Waals surface area contributed by atoms with Crippen LogP contribution in [0.25, 0.3) is 0 Å². The zero-order valence-corrected chi connectivity index (χ0v) is 13.8. The lowest BCUT2D eigenvalue weighted by Gasteiger charge is -2.33. The van der Waals surface area contributed by atoms with Crippen LogP contribution in [-0.2, 0) is 11.3 Å². The molecule has 1 fully saturated rings. The van der Waals surface area contributed by atoms with E-state index in [9.17, 15) is 0 Å². The van der Waals surface area contributed by atoms with Crippen LogP contribution in [0.5, 0.6) is 0 Å². The zero-order chi connectivity index (χ0) is 14.4. The molecule has 1 saturated heterocycles. The monoisotopic (exact) mass is 297 g/mol. The average Bonchev–Trinajstić information content (AvgIpc) is 2.89. The maximum atomic E-state index is 5.44. The molecule has 0 amide bonds. The molecule has 0 saturated carbocycles. The van der Waals surface area contributed by atoms with Crippen molar-refractivity contribution in [1.29, 1.82) is 0 Å². The van der Waals surface area contributed by atoms with E-state index in [1.807, 2.05) is 6.20 Å². The molecule has 0 unspecified atom stereocenters. The Kier molecular flexibility index (Phi) is 5.81. The van der Waals surface area contributed by atoms with Gasteiger partial charge in [0, 0.05) is 50.5 Å². The highest BCUT2D eigenvalue weighted by atomic mass is 32.1. The van der Waals surface area contributed by atoms with Crippen LogP contribution in [0, 0.1) is 5.41 Å². The molecular weight excluding hydrogens is 270 g/mol. The Morgan fingerprint density at radius 1 is 1.35 bits per heavy atom. The number of nitrogens with one attached hydrogen (secondary N) is 1. The molecule has 1 aliphatic heterocycles. The topological polar surface area (TPSA) is 37.4 Å². The minimum Gasteiger partial charge on any atom is -0.381 e. The summed E-state index contributed by atoms with van der Waals surface area (Å²) in [4.78, 5) is 8.15. The van der Waals surface area contributed by atoms with Gasteiger partial charge in [-0.15, -0.1) is 11.3 Å². The van der Waals surface area contributed by atoms with Crippen molar-refractivity contribution in [2.45, 2.75) is 40.2 Å². The van der Waals surface area contributed by atoms with Gasteiger partial charge in [0.25, 0.3) is 0 Å². The fourth-order valence-electron chi connectivity index (χ4n) is 2.55. The first kappa shape index (κ1) is 15.7. The number of hydrogen-bond acceptors (Lipinski definition) is 5. The highest BCUT2D eigenvalue weighted by Gasteiger charge is 2.26. The molecule has 20 heavy (non-hydrogen) atoms. The molecule has 2 rings (SSSR count). The largest absolute Gasteiger partial charge is 0.381 e. The molecule has 1 aromatic rings. The Balaban J connectivity index is 1.79. The summed E-state index contributed by atoms with van der Waals surface area (Å²) in [7, 11) is 0. The van der Waals surface area contributed by atoms with E-state index in [-0.39, 0.29) is 0 Å². The second-order valence-electron chi connectivity index (χ2n) is 5.81. The van der Waals surface area contributed by atoms with Crippen LogP contribution in [0.4, 0.5) is 5.13 Å². The van der Waals surface area contributed by atoms with Crippen molar-refractivity contribution in [3.8, 4) is 0 Å². The first-order valence-corrected chi connectivity index (χ1v) is 8.46. The fourth-order valence-corrected chi connectivity index (χ4v) is 3.55. The molecule has 5 heteroatoms. The molecule has 0 radical (unpaired) electrons. The van der Waals surface area contributed by atoms with Crippen LogP contribution in [0.1, 0.15) is 38.5 Å². The highest BCUT2D eigenvalue weighted by Crippen LogP contribution is 2.29. The quantitative estimate of drug-likeness (QED) is 0.840. The van der Waals surface area contributed by atoms with E-state index in [1.165, 1.54) is 4.88 Å². The maximum absolute atomic E-state index is 5.44. The van der Waals surface area contributed by atoms with Gasteiger partial charge in [-0.05, 0) is 32.1 Å². The molecule has 114 valence electrons. The normalized spacial score (nSPS) is 18.1. The highest BCUT2D eigenvalue weighted by molar-refractivity contribution is 7.15. The summed E-state index contributed by atoms with van der Waals surface area (Å²) >= 11 is 1.80. The van der Waals surface area contributed by atoms with Gasteiger partial charge in [0.15, 0.2) is 5.13 Å². The Bertz CT molecular complexity index is 398. The Morgan fingerprint density at radius 3 is 2.70 bits per heavy atom. The van der Waals surface area contributed by atoms with E-state index in [0.29, 0.717) is 5.41 Å². The molecular formula is C15H27N3OS. The summed E-state index contributed by atoms with van der Waals surface area (Å²) in [5.41, 5.74) is 0.393. The second-order valence-corrected chi connectivity index (χ2v) is 6.90. The van der Waals surface area contributed by atoms with E-state index >= 15 is 0 Å². The predicted octanol–water partition coefficient (Wildman–Crippen LogP) is 2.90. The van der Waals surface area contributed by atoms with Gasteiger partial charge in [0.2, 0.25) is 0 Å². The van der Waals surface area contributed by atoms with Crippen molar-refractivity contribution < 1.29 is 4.74 Å². The summed E-state index contributed by atoms with van der Waals surface area (Å²) in [6, 6.07) is 0. The number of hydrogen-bond donors (Lipinski definition) is 1. The van der Waals surface area contributed by atoms with Gasteiger partial charge >= 0.3 is 0 Å². The number of aromatic nitrogens is 1. The zero-order valence-electron chi connectivity index (χ0n) is 12.9. The van der Waals surface area contributed by atoms with Crippen molar-refractivity contribution in [1.82, 2.24) is 10.3 Å². The van der Waals surface area contributed by atoms with Crippen molar-refractivity contribution >= 4 is 16.5 Å². The Morgan fingerprint density at radius 2 is 2.05 bits per heavy atom. The van der Waals surface area contributed by atoms with Crippen LogP contribution in [-0.4, -0.2) is 37.8 Å². The smallest absolute Gasteiger partial charge is 0.185 e. The molecule has 0 atom stereocenters. The van der Waals surface area contributed by atoms with Crippen molar-refractivity contribution in [3.63, 3.8) is 0 Å². The van der Waals surface area contributed by atoms with E-state index in [2.05, 4.69) is 36.0 Å². The summed E-state index contributed by atoms with van der Waals surface area (Å²) < 4.78 is 5.44. The number of thiazole rings is 1. The van der Waals surface area contributed by atoms with Crippen LogP contribution in [0.2, 0.25) is 0 Å². The fraction of sp³-hybridized carbons (Fsp3) is 0.800. The molecule has 0 aromatic carbocycles. The molecule has 4 nitrogen and oxygen atoms in total. The van der Waals surface area contributed by atoms with Gasteiger partial charge in [0.1, 0.15) is 0 Å². The third kappa shape index (κ3) is 4.17. The van der Waals surface area contributed by atoms with Crippen molar-refractivity contribution in [2.24, 2.45) is 5.41 Å². The molecule has 0 aliphatic carbocycles. The van der Waals surface area contributed by atoms with Crippen molar-refractivity contribution in [3.05, 3.63) is 11.1 Å². The first-order chi connectivity index (χ1) is 9.67. The SMILES string of the molecule is CCN(CC)c1ncc(CNCC2(C)CCOCC2)s1. The molecule has 0 bridgehead atoms. The molecule has 1 aliphatic rings. The van der Waals surface area contributed by atoms with E-state index in [0.717, 1.165) is 57.4 Å². The molecule has 2 heterocycles. The lowest BCUT2D eigenvalue weighted by Crippen LogP contribution is -2.36. The number of anilines is 1. The predicted molar refractivity (Wildman–Crippen MR) is 85.5 cm³/mol. The van der Waals surface area contributed by atoms with Crippen LogP contribution >= 0.6 is 11.3 Å². The van der Waals surface area contributed by atoms with Crippen molar-refractivity contribution in [2.75, 3.05) is 37.7 Å². The van der Waals surface area contributed by atoms with Gasteiger partial charge in [-0.2, -0.15) is 0 Å². The van der Waals surface area contributed by atoms with Gasteiger partial charge < -0.3 is 15.0 Å². The van der Waals surface area contributed by atoms with Gasteiger partial charge in [-0.25, -0.2) is 4.98 Å². The summed E-state index contributed by atoms with van der Waals surface area (Å²) in [6.45, 7) is 12.6. The van der Waals surface area contributed by atoms with E-state index in [4.69, 9.17) is 4.74 Å². The third-order valence-corrected chi connectivity index (χ3v) is 5.18. The Labute approximate surface area is 126 Å². The van der Waals surface area contributed by atoms with Crippen LogP contribution in [0.15, 0.2) is 6.20 Å². The molecule has 1 aromatic heterocycles. The molecule has 0 spiro atoms. The molecule has 1 N–H and O–H groups in total. The summed E-state index contributed by atoms with van der Waals surface area (Å²) in [5, 5.41) is 4.74. The summed E-state index contributed by atoms with van der Waals surface area (Å²) in [5.74, 6) is 0. The lowest BCUT2D eigenvalue weighted by atomic mass is 9.82. The number of nitrogens with zero attached hydrogens (tertiary/aromatic N) is 2. The number of rotatable bonds is 7. The second kappa shape index (κ2) is 7.38. The first-order valence-electron chi connectivity index (χ1n) is 7.65. The van der Waals surface area contributed by atoms with Gasteiger partial charge in [0.05, 0.1) is 0 Å². The Hall–Kier alpha value is -0.650. The van der Waals surface area contributed by atoms with Gasteiger partial charge in [-0.3, -0.25) is 0 Å². The van der Waals surface area contributed by atoms with Gasteiger partial charge in [-0.1, -0.05) is 6.92 Å². The third-order valence-electron chi connectivity index (χ3n) is 4.13.